The normalized spacial score (nSPS) is 13.7. The third-order valence-electron chi connectivity index (χ3n) is 3.50. The van der Waals surface area contributed by atoms with Gasteiger partial charge in [0.1, 0.15) is 12.1 Å². The summed E-state index contributed by atoms with van der Waals surface area (Å²) in [4.78, 5) is 35.8. The number of carbonyl (C=O) groups is 2. The van der Waals surface area contributed by atoms with Crippen LogP contribution in [0.5, 0.6) is 0 Å². The van der Waals surface area contributed by atoms with Crippen molar-refractivity contribution in [2.45, 2.75) is 52.6 Å². The first-order valence-electron chi connectivity index (χ1n) is 7.49. The van der Waals surface area contributed by atoms with E-state index in [0.717, 1.165) is 5.56 Å². The summed E-state index contributed by atoms with van der Waals surface area (Å²) in [5.74, 6) is -1.65. The third kappa shape index (κ3) is 4.44. The van der Waals surface area contributed by atoms with Crippen LogP contribution in [-0.2, 0) is 9.59 Å². The van der Waals surface area contributed by atoms with Gasteiger partial charge >= 0.3 is 5.97 Å². The molecule has 2 unspecified atom stereocenters. The van der Waals surface area contributed by atoms with Crippen LogP contribution in [0, 0.1) is 12.8 Å². The van der Waals surface area contributed by atoms with E-state index in [1.807, 2.05) is 20.8 Å². The van der Waals surface area contributed by atoms with Gasteiger partial charge in [0.2, 0.25) is 5.91 Å². The summed E-state index contributed by atoms with van der Waals surface area (Å²) in [5.41, 5.74) is 0.551. The van der Waals surface area contributed by atoms with E-state index in [1.165, 1.54) is 10.6 Å². The van der Waals surface area contributed by atoms with Crippen molar-refractivity contribution in [2.75, 3.05) is 0 Å². The Bertz CT molecular complexity index is 592. The predicted octanol–water partition coefficient (Wildman–Crippen LogP) is 1.72. The molecule has 0 saturated heterocycles. The molecule has 22 heavy (non-hydrogen) atoms. The van der Waals surface area contributed by atoms with Gasteiger partial charge in [-0.2, -0.15) is 0 Å². The van der Waals surface area contributed by atoms with E-state index < -0.39 is 24.0 Å². The molecule has 0 radical (unpaired) electrons. The van der Waals surface area contributed by atoms with Crippen LogP contribution in [-0.4, -0.2) is 27.6 Å². The van der Waals surface area contributed by atoms with E-state index in [-0.39, 0.29) is 11.5 Å². The lowest BCUT2D eigenvalue weighted by Gasteiger charge is -2.24. The van der Waals surface area contributed by atoms with Gasteiger partial charge in [-0.25, -0.2) is 4.79 Å². The summed E-state index contributed by atoms with van der Waals surface area (Å²) in [6.45, 7) is 7.31. The molecule has 0 fully saturated rings. The SMILES string of the molecule is CCCC(NC(=O)C(C(C)C)n1ccc(C)cc1=O)C(=O)O. The summed E-state index contributed by atoms with van der Waals surface area (Å²) < 4.78 is 1.36. The van der Waals surface area contributed by atoms with Gasteiger partial charge in [-0.05, 0) is 30.9 Å². The van der Waals surface area contributed by atoms with Gasteiger partial charge < -0.3 is 15.0 Å². The maximum atomic E-state index is 12.5. The Morgan fingerprint density at radius 2 is 2.00 bits per heavy atom. The standard InChI is InChI=1S/C16H24N2O4/c1-5-6-12(16(21)22)17-15(20)14(10(2)3)18-8-7-11(4)9-13(18)19/h7-10,12,14H,5-6H2,1-4H3,(H,17,20)(H,21,22). The van der Waals surface area contributed by atoms with Crippen LogP contribution >= 0.6 is 0 Å². The highest BCUT2D eigenvalue weighted by atomic mass is 16.4. The van der Waals surface area contributed by atoms with Crippen molar-refractivity contribution in [3.8, 4) is 0 Å². The third-order valence-corrected chi connectivity index (χ3v) is 3.50. The van der Waals surface area contributed by atoms with Crippen LogP contribution in [0.2, 0.25) is 0 Å². The number of nitrogens with zero attached hydrogens (tertiary/aromatic N) is 1. The average molecular weight is 308 g/mol. The first-order chi connectivity index (χ1) is 10.3. The van der Waals surface area contributed by atoms with Crippen LogP contribution in [0.1, 0.15) is 45.2 Å². The second kappa shape index (κ2) is 7.77. The first kappa shape index (κ1) is 17.9. The van der Waals surface area contributed by atoms with Gasteiger partial charge in [0, 0.05) is 12.3 Å². The molecule has 0 aliphatic rings. The molecule has 1 aromatic rings. The number of carboxylic acid groups (broad SMARTS) is 1. The second-order valence-electron chi connectivity index (χ2n) is 5.83. The van der Waals surface area contributed by atoms with Crippen LogP contribution in [0.15, 0.2) is 23.1 Å². The highest BCUT2D eigenvalue weighted by Crippen LogP contribution is 2.17. The van der Waals surface area contributed by atoms with Gasteiger partial charge in [-0.1, -0.05) is 27.2 Å². The summed E-state index contributed by atoms with van der Waals surface area (Å²) in [5, 5.41) is 11.7. The number of nitrogens with one attached hydrogen (secondary N) is 1. The van der Waals surface area contributed by atoms with Crippen molar-refractivity contribution in [1.82, 2.24) is 9.88 Å². The lowest BCUT2D eigenvalue weighted by atomic mass is 10.0. The Balaban J connectivity index is 3.07. The van der Waals surface area contributed by atoms with Crippen molar-refractivity contribution < 1.29 is 14.7 Å². The number of rotatable bonds is 7. The lowest BCUT2D eigenvalue weighted by Crippen LogP contribution is -2.46. The minimum atomic E-state index is -1.06. The van der Waals surface area contributed by atoms with Crippen LogP contribution in [0.4, 0.5) is 0 Å². The fourth-order valence-corrected chi connectivity index (χ4v) is 2.37. The van der Waals surface area contributed by atoms with Crippen molar-refractivity contribution in [3.05, 3.63) is 34.2 Å². The van der Waals surface area contributed by atoms with E-state index in [0.29, 0.717) is 12.8 Å². The molecule has 2 atom stereocenters. The van der Waals surface area contributed by atoms with E-state index in [1.54, 1.807) is 19.2 Å². The number of amides is 1. The number of carbonyl (C=O) groups excluding carboxylic acids is 1. The Kier molecular flexibility index (Phi) is 6.34. The number of hydrogen-bond acceptors (Lipinski definition) is 3. The van der Waals surface area contributed by atoms with Crippen molar-refractivity contribution >= 4 is 11.9 Å². The fourth-order valence-electron chi connectivity index (χ4n) is 2.37. The van der Waals surface area contributed by atoms with E-state index >= 15 is 0 Å². The smallest absolute Gasteiger partial charge is 0.326 e. The first-order valence-corrected chi connectivity index (χ1v) is 7.49. The van der Waals surface area contributed by atoms with Gasteiger partial charge in [-0.15, -0.1) is 0 Å². The number of carboxylic acids is 1. The van der Waals surface area contributed by atoms with E-state index in [9.17, 15) is 14.4 Å². The summed E-state index contributed by atoms with van der Waals surface area (Å²) in [6.07, 6.45) is 2.58. The van der Waals surface area contributed by atoms with Crippen molar-refractivity contribution in [3.63, 3.8) is 0 Å². The molecule has 122 valence electrons. The van der Waals surface area contributed by atoms with Gasteiger partial charge in [-0.3, -0.25) is 9.59 Å². The number of pyridine rings is 1. The number of hydrogen-bond donors (Lipinski definition) is 2. The minimum Gasteiger partial charge on any atom is -0.480 e. The summed E-state index contributed by atoms with van der Waals surface area (Å²) >= 11 is 0. The Labute approximate surface area is 130 Å². The predicted molar refractivity (Wildman–Crippen MR) is 83.8 cm³/mol. The molecule has 0 bridgehead atoms. The average Bonchev–Trinajstić information content (AvgIpc) is 2.40. The summed E-state index contributed by atoms with van der Waals surface area (Å²) in [7, 11) is 0. The highest BCUT2D eigenvalue weighted by molar-refractivity contribution is 5.86. The van der Waals surface area contributed by atoms with Gasteiger partial charge in [0.05, 0.1) is 0 Å². The summed E-state index contributed by atoms with van der Waals surface area (Å²) in [6, 6.07) is 1.56. The van der Waals surface area contributed by atoms with Crippen LogP contribution < -0.4 is 10.9 Å². The van der Waals surface area contributed by atoms with Crippen molar-refractivity contribution in [2.24, 2.45) is 5.92 Å². The molecule has 2 N–H and O–H groups in total. The minimum absolute atomic E-state index is 0.142. The van der Waals surface area contributed by atoms with Crippen LogP contribution in [0.3, 0.4) is 0 Å². The Hall–Kier alpha value is -2.11. The number of aromatic nitrogens is 1. The maximum absolute atomic E-state index is 12.5. The second-order valence-corrected chi connectivity index (χ2v) is 5.83. The van der Waals surface area contributed by atoms with Crippen molar-refractivity contribution in [1.29, 1.82) is 0 Å². The molecule has 0 aliphatic carbocycles. The topological polar surface area (TPSA) is 88.4 Å². The molecule has 0 spiro atoms. The molecule has 0 saturated carbocycles. The molecule has 6 heteroatoms. The molecule has 1 amide bonds. The molecule has 0 aliphatic heterocycles. The molecule has 6 nitrogen and oxygen atoms in total. The number of aryl methyl sites for hydroxylation is 1. The zero-order valence-corrected chi connectivity index (χ0v) is 13.5. The molecule has 0 aromatic carbocycles. The van der Waals surface area contributed by atoms with E-state index in [2.05, 4.69) is 5.32 Å². The largest absolute Gasteiger partial charge is 0.480 e. The zero-order valence-electron chi connectivity index (χ0n) is 13.5. The van der Waals surface area contributed by atoms with Gasteiger partial charge in [0.15, 0.2) is 0 Å². The van der Waals surface area contributed by atoms with Crippen LogP contribution in [0.25, 0.3) is 0 Å². The fraction of sp³-hybridized carbons (Fsp3) is 0.562. The monoisotopic (exact) mass is 308 g/mol. The Morgan fingerprint density at radius 3 is 2.45 bits per heavy atom. The molecular weight excluding hydrogens is 284 g/mol. The molecule has 1 heterocycles. The van der Waals surface area contributed by atoms with E-state index in [4.69, 9.17) is 5.11 Å². The Morgan fingerprint density at radius 1 is 1.36 bits per heavy atom. The molecule has 1 rings (SSSR count). The molecular formula is C16H24N2O4. The quantitative estimate of drug-likeness (QED) is 0.803. The molecule has 1 aromatic heterocycles. The zero-order chi connectivity index (χ0) is 16.9. The van der Waals surface area contributed by atoms with Gasteiger partial charge in [0.25, 0.3) is 5.56 Å². The maximum Gasteiger partial charge on any atom is 0.326 e. The number of aliphatic carboxylic acids is 1. The highest BCUT2D eigenvalue weighted by Gasteiger charge is 2.28. The lowest BCUT2D eigenvalue weighted by molar-refractivity contribution is -0.142.